The fourth-order valence-electron chi connectivity index (χ4n) is 4.41. The predicted molar refractivity (Wildman–Crippen MR) is 96.3 cm³/mol. The molecule has 2 N–H and O–H groups in total. The number of carboxylic acid groups (broad SMARTS) is 1. The van der Waals surface area contributed by atoms with Crippen molar-refractivity contribution in [3.05, 3.63) is 30.5 Å². The number of nitrogens with zero attached hydrogens (tertiary/aromatic N) is 2. The number of urea groups is 1. The van der Waals surface area contributed by atoms with Crippen LogP contribution in [0.3, 0.4) is 0 Å². The van der Waals surface area contributed by atoms with Crippen LogP contribution in [0.1, 0.15) is 19.3 Å². The van der Waals surface area contributed by atoms with Crippen LogP contribution in [-0.4, -0.2) is 47.2 Å². The second-order valence-electron chi connectivity index (χ2n) is 7.08. The van der Waals surface area contributed by atoms with Gasteiger partial charge in [0.05, 0.1) is 18.2 Å². The number of carbonyl (C=O) groups excluding carboxylic acids is 1. The Labute approximate surface area is 151 Å². The van der Waals surface area contributed by atoms with Crippen molar-refractivity contribution < 1.29 is 19.4 Å². The van der Waals surface area contributed by atoms with Crippen LogP contribution in [0.2, 0.25) is 0 Å². The third kappa shape index (κ3) is 2.46. The van der Waals surface area contributed by atoms with Gasteiger partial charge in [-0.25, -0.2) is 4.79 Å². The molecule has 0 spiro atoms. The molecule has 1 aliphatic carbocycles. The molecule has 0 bridgehead atoms. The summed E-state index contributed by atoms with van der Waals surface area (Å²) in [5.74, 6) is -0.103. The van der Waals surface area contributed by atoms with Gasteiger partial charge in [-0.2, -0.15) is 0 Å². The van der Waals surface area contributed by atoms with E-state index in [0.29, 0.717) is 29.9 Å². The number of rotatable bonds is 3. The van der Waals surface area contributed by atoms with E-state index in [2.05, 4.69) is 10.3 Å². The molecule has 2 fully saturated rings. The quantitative estimate of drug-likeness (QED) is 0.883. The molecule has 2 amide bonds. The van der Waals surface area contributed by atoms with Gasteiger partial charge in [0.15, 0.2) is 0 Å². The minimum Gasteiger partial charge on any atom is -0.494 e. The number of amides is 2. The number of aliphatic carboxylic acids is 1. The lowest BCUT2D eigenvalue weighted by molar-refractivity contribution is -0.149. The number of hydrogen-bond acceptors (Lipinski definition) is 4. The van der Waals surface area contributed by atoms with E-state index in [0.717, 1.165) is 18.2 Å². The van der Waals surface area contributed by atoms with Crippen molar-refractivity contribution >= 4 is 28.6 Å². The summed E-state index contributed by atoms with van der Waals surface area (Å²) in [6, 6.07) is 6.96. The number of carboxylic acids is 1. The third-order valence-corrected chi connectivity index (χ3v) is 5.78. The van der Waals surface area contributed by atoms with E-state index in [1.807, 2.05) is 6.07 Å². The Morgan fingerprint density at radius 2 is 2.23 bits per heavy atom. The zero-order valence-corrected chi connectivity index (χ0v) is 14.6. The fraction of sp³-hybridized carbons (Fsp3) is 0.421. The van der Waals surface area contributed by atoms with Gasteiger partial charge in [-0.15, -0.1) is 0 Å². The number of likely N-dealkylation sites (tertiary alicyclic amines) is 1. The Kier molecular flexibility index (Phi) is 3.94. The van der Waals surface area contributed by atoms with Gasteiger partial charge >= 0.3 is 12.0 Å². The Bertz CT molecular complexity index is 884. The normalized spacial score (nSPS) is 24.5. The summed E-state index contributed by atoms with van der Waals surface area (Å²) >= 11 is 0. The van der Waals surface area contributed by atoms with E-state index >= 15 is 0 Å². The molecular weight excluding hydrogens is 334 g/mol. The molecule has 2 aliphatic rings. The topological polar surface area (TPSA) is 91.8 Å². The lowest BCUT2D eigenvalue weighted by Crippen LogP contribution is -2.38. The van der Waals surface area contributed by atoms with E-state index in [1.165, 1.54) is 0 Å². The number of anilines is 1. The van der Waals surface area contributed by atoms with Crippen LogP contribution in [0.4, 0.5) is 10.5 Å². The van der Waals surface area contributed by atoms with Gasteiger partial charge in [0.25, 0.3) is 0 Å². The molecule has 4 rings (SSSR count). The number of aromatic nitrogens is 1. The average molecular weight is 355 g/mol. The van der Waals surface area contributed by atoms with Crippen molar-refractivity contribution in [3.63, 3.8) is 0 Å². The first-order valence-corrected chi connectivity index (χ1v) is 8.76. The number of nitrogens with one attached hydrogen (secondary N) is 1. The Morgan fingerprint density at radius 1 is 1.38 bits per heavy atom. The number of pyridine rings is 1. The molecule has 7 heteroatoms. The van der Waals surface area contributed by atoms with Gasteiger partial charge in [0.1, 0.15) is 11.3 Å². The monoisotopic (exact) mass is 355 g/mol. The maximum absolute atomic E-state index is 12.8. The molecule has 0 unspecified atom stereocenters. The van der Waals surface area contributed by atoms with Gasteiger partial charge in [-0.05, 0) is 43.0 Å². The van der Waals surface area contributed by atoms with Crippen molar-refractivity contribution in [2.75, 3.05) is 25.5 Å². The molecule has 2 aromatic rings. The fourth-order valence-corrected chi connectivity index (χ4v) is 4.41. The van der Waals surface area contributed by atoms with Crippen LogP contribution in [-0.2, 0) is 4.79 Å². The summed E-state index contributed by atoms with van der Waals surface area (Å²) in [6.45, 7) is 0.760. The molecule has 1 saturated carbocycles. The first-order valence-electron chi connectivity index (χ1n) is 8.76. The Hall–Kier alpha value is -2.83. The second-order valence-corrected chi connectivity index (χ2v) is 7.08. The largest absolute Gasteiger partial charge is 0.494 e. The number of ether oxygens (including phenoxy) is 1. The summed E-state index contributed by atoms with van der Waals surface area (Å²) in [7, 11) is 1.58. The SMILES string of the molecule is COc1ccc(NC(=O)N2C[C@@H]3CCC[C@@]3(C(=O)O)C2)c2cccnc12. The highest BCUT2D eigenvalue weighted by Crippen LogP contribution is 2.49. The minimum atomic E-state index is -0.783. The molecular formula is C19H21N3O4. The van der Waals surface area contributed by atoms with Crippen LogP contribution in [0.25, 0.3) is 10.9 Å². The first-order chi connectivity index (χ1) is 12.5. The van der Waals surface area contributed by atoms with Crippen molar-refractivity contribution in [2.45, 2.75) is 19.3 Å². The summed E-state index contributed by atoms with van der Waals surface area (Å²) in [6.07, 6.45) is 4.10. The summed E-state index contributed by atoms with van der Waals surface area (Å²) in [4.78, 5) is 30.5. The second kappa shape index (κ2) is 6.16. The van der Waals surface area contributed by atoms with Gasteiger partial charge in [0.2, 0.25) is 0 Å². The highest BCUT2D eigenvalue weighted by atomic mass is 16.5. The van der Waals surface area contributed by atoms with Crippen LogP contribution in [0.15, 0.2) is 30.5 Å². The molecule has 7 nitrogen and oxygen atoms in total. The van der Waals surface area contributed by atoms with Crippen molar-refractivity contribution in [3.8, 4) is 5.75 Å². The molecule has 1 aromatic heterocycles. The van der Waals surface area contributed by atoms with Gasteiger partial charge in [0, 0.05) is 24.7 Å². The molecule has 1 saturated heterocycles. The number of fused-ring (bicyclic) bond motifs is 2. The highest BCUT2D eigenvalue weighted by molar-refractivity contribution is 6.02. The lowest BCUT2D eigenvalue weighted by Gasteiger charge is -2.23. The average Bonchev–Trinajstić information content (AvgIpc) is 3.20. The first kappa shape index (κ1) is 16.6. The molecule has 0 radical (unpaired) electrons. The van der Waals surface area contributed by atoms with Gasteiger partial charge < -0.3 is 20.1 Å². The number of methoxy groups -OCH3 is 1. The predicted octanol–water partition coefficient (Wildman–Crippen LogP) is 2.96. The van der Waals surface area contributed by atoms with Crippen molar-refractivity contribution in [1.82, 2.24) is 9.88 Å². The van der Waals surface area contributed by atoms with Crippen LogP contribution >= 0.6 is 0 Å². The number of carbonyl (C=O) groups is 2. The molecule has 136 valence electrons. The van der Waals surface area contributed by atoms with Crippen LogP contribution < -0.4 is 10.1 Å². The molecule has 2 heterocycles. The third-order valence-electron chi connectivity index (χ3n) is 5.78. The zero-order chi connectivity index (χ0) is 18.3. The standard InChI is InChI=1S/C19H21N3O4/c1-26-15-7-6-14(13-5-3-9-20-16(13)15)21-18(25)22-10-12-4-2-8-19(12,11-22)17(23)24/h3,5-7,9,12H,2,4,8,10-11H2,1H3,(H,21,25)(H,23,24)/t12-,19+/m0/s1. The lowest BCUT2D eigenvalue weighted by atomic mass is 9.81. The van der Waals surface area contributed by atoms with E-state index in [4.69, 9.17) is 4.74 Å². The number of hydrogen-bond donors (Lipinski definition) is 2. The smallest absolute Gasteiger partial charge is 0.321 e. The minimum absolute atomic E-state index is 0.0417. The molecule has 26 heavy (non-hydrogen) atoms. The van der Waals surface area contributed by atoms with E-state index in [-0.39, 0.29) is 18.5 Å². The highest BCUT2D eigenvalue weighted by Gasteiger charge is 2.55. The molecule has 2 atom stereocenters. The Morgan fingerprint density at radius 3 is 2.96 bits per heavy atom. The van der Waals surface area contributed by atoms with E-state index in [1.54, 1.807) is 36.4 Å². The van der Waals surface area contributed by atoms with Gasteiger partial charge in [-0.3, -0.25) is 9.78 Å². The summed E-state index contributed by atoms with van der Waals surface area (Å²) in [5, 5.41) is 13.4. The van der Waals surface area contributed by atoms with Crippen molar-refractivity contribution in [1.29, 1.82) is 0 Å². The van der Waals surface area contributed by atoms with Crippen molar-refractivity contribution in [2.24, 2.45) is 11.3 Å². The molecule has 1 aromatic carbocycles. The van der Waals surface area contributed by atoms with Crippen LogP contribution in [0.5, 0.6) is 5.75 Å². The maximum Gasteiger partial charge on any atom is 0.321 e. The number of benzene rings is 1. The molecule has 1 aliphatic heterocycles. The Balaban J connectivity index is 1.58. The zero-order valence-electron chi connectivity index (χ0n) is 14.6. The summed E-state index contributed by atoms with van der Waals surface area (Å²) < 4.78 is 5.33. The van der Waals surface area contributed by atoms with E-state index in [9.17, 15) is 14.7 Å². The van der Waals surface area contributed by atoms with Crippen LogP contribution in [0, 0.1) is 11.3 Å². The maximum atomic E-state index is 12.8. The summed E-state index contributed by atoms with van der Waals surface area (Å²) in [5.41, 5.74) is 0.536. The van der Waals surface area contributed by atoms with E-state index < -0.39 is 11.4 Å². The van der Waals surface area contributed by atoms with Gasteiger partial charge in [-0.1, -0.05) is 6.42 Å².